The molecule has 2 aromatic heterocycles. The van der Waals surface area contributed by atoms with Gasteiger partial charge in [0.15, 0.2) is 11.4 Å². The number of para-hydroxylation sites is 1. The van der Waals surface area contributed by atoms with Crippen LogP contribution in [-0.2, 0) is 0 Å². The van der Waals surface area contributed by atoms with Gasteiger partial charge >= 0.3 is 0 Å². The predicted octanol–water partition coefficient (Wildman–Crippen LogP) is 4.17. The normalized spacial score (nSPS) is 11.1. The number of benzene rings is 1. The van der Waals surface area contributed by atoms with Gasteiger partial charge in [0.1, 0.15) is 5.52 Å². The Hall–Kier alpha value is -1.65. The molecule has 5 heteroatoms. The fourth-order valence-corrected chi connectivity index (χ4v) is 3.58. The second kappa shape index (κ2) is 4.47. The fraction of sp³-hybridized carbons (Fsp3) is 0.143. The number of carbonyl (C=O) groups is 1. The molecule has 0 aliphatic heterocycles. The minimum Gasteiger partial charge on any atom is -0.298 e. The quantitative estimate of drug-likeness (QED) is 0.664. The summed E-state index contributed by atoms with van der Waals surface area (Å²) in [7, 11) is 0. The lowest BCUT2D eigenvalue weighted by molar-refractivity contribution is 0.112. The minimum atomic E-state index is 0.651. The average molecular weight is 291 g/mol. The Labute approximate surface area is 119 Å². The van der Waals surface area contributed by atoms with Crippen LogP contribution < -0.4 is 0 Å². The summed E-state index contributed by atoms with van der Waals surface area (Å²) < 4.78 is 3.03. The second-order valence-corrected chi connectivity index (χ2v) is 5.78. The van der Waals surface area contributed by atoms with E-state index in [0.717, 1.165) is 33.0 Å². The Morgan fingerprint density at radius 3 is 2.79 bits per heavy atom. The van der Waals surface area contributed by atoms with Crippen molar-refractivity contribution in [2.75, 3.05) is 0 Å². The van der Waals surface area contributed by atoms with E-state index < -0.39 is 0 Å². The number of halogens is 1. The van der Waals surface area contributed by atoms with Crippen molar-refractivity contribution in [2.45, 2.75) is 13.8 Å². The van der Waals surface area contributed by atoms with Gasteiger partial charge < -0.3 is 0 Å². The lowest BCUT2D eigenvalue weighted by atomic mass is 10.3. The van der Waals surface area contributed by atoms with Gasteiger partial charge in [-0.2, -0.15) is 0 Å². The molecule has 0 saturated heterocycles. The van der Waals surface area contributed by atoms with Crippen molar-refractivity contribution in [3.05, 3.63) is 46.2 Å². The first-order valence-electron chi connectivity index (χ1n) is 5.81. The van der Waals surface area contributed by atoms with Crippen LogP contribution in [0.1, 0.15) is 21.7 Å². The molecule has 0 aliphatic rings. The van der Waals surface area contributed by atoms with Crippen LogP contribution in [-0.4, -0.2) is 15.8 Å². The summed E-state index contributed by atoms with van der Waals surface area (Å²) in [6, 6.07) is 7.62. The number of aromatic nitrogens is 2. The highest BCUT2D eigenvalue weighted by Gasteiger charge is 2.14. The topological polar surface area (TPSA) is 34.9 Å². The largest absolute Gasteiger partial charge is 0.298 e. The Morgan fingerprint density at radius 1 is 1.37 bits per heavy atom. The van der Waals surface area contributed by atoms with Crippen LogP contribution in [0.5, 0.6) is 0 Å². The van der Waals surface area contributed by atoms with Gasteiger partial charge in [0, 0.05) is 17.0 Å². The molecule has 3 rings (SSSR count). The van der Waals surface area contributed by atoms with E-state index in [2.05, 4.69) is 4.98 Å². The number of carbonyl (C=O) groups excluding carboxylic acids is 1. The smallest absolute Gasteiger partial charge is 0.195 e. The van der Waals surface area contributed by atoms with E-state index in [0.29, 0.717) is 10.6 Å². The van der Waals surface area contributed by atoms with Crippen molar-refractivity contribution in [1.29, 1.82) is 0 Å². The highest BCUT2D eigenvalue weighted by Crippen LogP contribution is 2.31. The molecule has 0 radical (unpaired) electrons. The van der Waals surface area contributed by atoms with Gasteiger partial charge in [-0.25, -0.2) is 4.98 Å². The molecule has 19 heavy (non-hydrogen) atoms. The number of nitrogens with zero attached hydrogens (tertiary/aromatic N) is 2. The number of rotatable bonds is 2. The molecule has 3 nitrogen and oxygen atoms in total. The van der Waals surface area contributed by atoms with E-state index in [9.17, 15) is 4.79 Å². The van der Waals surface area contributed by atoms with Crippen LogP contribution in [0.15, 0.2) is 24.3 Å². The van der Waals surface area contributed by atoms with Crippen LogP contribution in [0.3, 0.4) is 0 Å². The third kappa shape index (κ3) is 1.88. The number of hydrogen-bond donors (Lipinski definition) is 0. The SMILES string of the molecule is Cc1cc(C=O)c(C)n1-c1nc2c(Cl)cccc2s1. The molecule has 0 amide bonds. The zero-order valence-electron chi connectivity index (χ0n) is 10.5. The maximum absolute atomic E-state index is 11.0. The number of aldehydes is 1. The summed E-state index contributed by atoms with van der Waals surface area (Å²) >= 11 is 7.72. The van der Waals surface area contributed by atoms with Gasteiger partial charge in [-0.05, 0) is 32.0 Å². The Bertz CT molecular complexity index is 788. The van der Waals surface area contributed by atoms with Gasteiger partial charge in [0.05, 0.1) is 9.72 Å². The predicted molar refractivity (Wildman–Crippen MR) is 78.8 cm³/mol. The van der Waals surface area contributed by atoms with E-state index in [1.54, 1.807) is 11.3 Å². The van der Waals surface area contributed by atoms with Crippen molar-refractivity contribution in [1.82, 2.24) is 9.55 Å². The first kappa shape index (κ1) is 12.4. The van der Waals surface area contributed by atoms with E-state index >= 15 is 0 Å². The van der Waals surface area contributed by atoms with Crippen molar-refractivity contribution in [2.24, 2.45) is 0 Å². The van der Waals surface area contributed by atoms with Gasteiger partial charge in [0.2, 0.25) is 0 Å². The lowest BCUT2D eigenvalue weighted by Crippen LogP contribution is -1.98. The van der Waals surface area contributed by atoms with Crippen LogP contribution in [0, 0.1) is 13.8 Å². The number of thiazole rings is 1. The molecule has 0 unspecified atom stereocenters. The molecule has 1 aromatic carbocycles. The van der Waals surface area contributed by atoms with E-state index in [1.807, 2.05) is 42.7 Å². The molecular weight excluding hydrogens is 280 g/mol. The van der Waals surface area contributed by atoms with E-state index in [4.69, 9.17) is 11.6 Å². The molecular formula is C14H11ClN2OS. The summed E-state index contributed by atoms with van der Waals surface area (Å²) in [6.07, 6.45) is 0.874. The maximum Gasteiger partial charge on any atom is 0.195 e. The number of aryl methyl sites for hydroxylation is 1. The molecule has 0 aliphatic carbocycles. The lowest BCUT2D eigenvalue weighted by Gasteiger charge is -2.03. The van der Waals surface area contributed by atoms with Crippen LogP contribution in [0.4, 0.5) is 0 Å². The molecule has 0 bridgehead atoms. The van der Waals surface area contributed by atoms with Crippen molar-refractivity contribution >= 4 is 39.4 Å². The van der Waals surface area contributed by atoms with Gasteiger partial charge in [-0.3, -0.25) is 9.36 Å². The molecule has 96 valence electrons. The van der Waals surface area contributed by atoms with Crippen LogP contribution >= 0.6 is 22.9 Å². The molecule has 2 heterocycles. The van der Waals surface area contributed by atoms with Crippen molar-refractivity contribution in [3.8, 4) is 5.13 Å². The fourth-order valence-electron chi connectivity index (χ4n) is 2.20. The monoisotopic (exact) mass is 290 g/mol. The molecule has 0 spiro atoms. The highest BCUT2D eigenvalue weighted by atomic mass is 35.5. The Balaban J connectivity index is 2.28. The Morgan fingerprint density at radius 2 is 2.16 bits per heavy atom. The molecule has 0 N–H and O–H groups in total. The number of fused-ring (bicyclic) bond motifs is 1. The minimum absolute atomic E-state index is 0.651. The van der Waals surface area contributed by atoms with E-state index in [-0.39, 0.29) is 0 Å². The third-order valence-electron chi connectivity index (χ3n) is 3.15. The molecule has 0 fully saturated rings. The number of hydrogen-bond acceptors (Lipinski definition) is 3. The zero-order chi connectivity index (χ0) is 13.6. The first-order chi connectivity index (χ1) is 9.11. The average Bonchev–Trinajstić information content (AvgIpc) is 2.91. The summed E-state index contributed by atoms with van der Waals surface area (Å²) in [5, 5.41) is 1.49. The van der Waals surface area contributed by atoms with Gasteiger partial charge in [-0.1, -0.05) is 29.0 Å². The highest BCUT2D eigenvalue weighted by molar-refractivity contribution is 7.20. The van der Waals surface area contributed by atoms with E-state index in [1.165, 1.54) is 0 Å². The Kier molecular flexibility index (Phi) is 2.92. The molecule has 0 saturated carbocycles. The van der Waals surface area contributed by atoms with Crippen molar-refractivity contribution < 1.29 is 4.79 Å². The standard InChI is InChI=1S/C14H11ClN2OS/c1-8-6-10(7-18)9(2)17(8)14-16-13-11(15)4-3-5-12(13)19-14/h3-7H,1-2H3. The van der Waals surface area contributed by atoms with Crippen LogP contribution in [0.2, 0.25) is 5.02 Å². The van der Waals surface area contributed by atoms with Crippen molar-refractivity contribution in [3.63, 3.8) is 0 Å². The third-order valence-corrected chi connectivity index (χ3v) is 4.46. The van der Waals surface area contributed by atoms with Gasteiger partial charge in [0.25, 0.3) is 0 Å². The zero-order valence-corrected chi connectivity index (χ0v) is 12.0. The molecule has 3 aromatic rings. The first-order valence-corrected chi connectivity index (χ1v) is 7.01. The maximum atomic E-state index is 11.0. The van der Waals surface area contributed by atoms with Crippen LogP contribution in [0.25, 0.3) is 15.3 Å². The molecule has 0 atom stereocenters. The summed E-state index contributed by atoms with van der Waals surface area (Å²) in [5.74, 6) is 0. The summed E-state index contributed by atoms with van der Waals surface area (Å²) in [5.41, 5.74) is 3.41. The second-order valence-electron chi connectivity index (χ2n) is 4.36. The summed E-state index contributed by atoms with van der Waals surface area (Å²) in [6.45, 7) is 3.89. The summed E-state index contributed by atoms with van der Waals surface area (Å²) in [4.78, 5) is 15.6. The van der Waals surface area contributed by atoms with Gasteiger partial charge in [-0.15, -0.1) is 0 Å².